The monoisotopic (exact) mass is 516 g/mol. The van der Waals surface area contributed by atoms with Crippen LogP contribution in [0.5, 0.6) is 0 Å². The average Bonchev–Trinajstić information content (AvgIpc) is 2.83. The third kappa shape index (κ3) is 4.87. The molecular weight excluding hydrogens is 488 g/mol. The number of carbonyl (C=O) groups is 5. The molecule has 0 bridgehead atoms. The number of ether oxygens (including phenoxy) is 3. The summed E-state index contributed by atoms with van der Waals surface area (Å²) < 4.78 is 16.4. The molecule has 0 spiro atoms. The SMILES string of the molecule is C/C=C(\C)[C@H](OC(C)=O)[C@H](C)C(=O)O[C@@]1(C)C(=O)C2=COC(C3=C(C)CCCC3=O)=CC2=C(Cl)C1=O. The molecule has 0 saturated carbocycles. The maximum atomic E-state index is 13.4. The molecular formula is C27H29ClO8. The van der Waals surface area contributed by atoms with Crippen LogP contribution in [-0.4, -0.2) is 41.0 Å². The molecule has 0 unspecified atom stereocenters. The molecule has 0 fully saturated rings. The molecule has 2 aliphatic carbocycles. The van der Waals surface area contributed by atoms with Crippen molar-refractivity contribution in [3.05, 3.63) is 57.1 Å². The average molecular weight is 517 g/mol. The molecule has 0 amide bonds. The first-order valence-electron chi connectivity index (χ1n) is 11.7. The molecule has 8 nitrogen and oxygen atoms in total. The van der Waals surface area contributed by atoms with Crippen molar-refractivity contribution in [3.8, 4) is 0 Å². The van der Waals surface area contributed by atoms with Crippen molar-refractivity contribution in [2.75, 3.05) is 0 Å². The second-order valence-corrected chi connectivity index (χ2v) is 9.66. The second-order valence-electron chi connectivity index (χ2n) is 9.28. The molecule has 3 rings (SSSR count). The molecule has 192 valence electrons. The Morgan fingerprint density at radius 3 is 2.42 bits per heavy atom. The van der Waals surface area contributed by atoms with E-state index in [1.165, 1.54) is 26.8 Å². The Morgan fingerprint density at radius 1 is 1.17 bits per heavy atom. The summed E-state index contributed by atoms with van der Waals surface area (Å²) in [6.07, 6.45) is 5.14. The van der Waals surface area contributed by atoms with Gasteiger partial charge in [-0.2, -0.15) is 0 Å². The summed E-state index contributed by atoms with van der Waals surface area (Å²) in [6, 6.07) is 0. The fourth-order valence-electron chi connectivity index (χ4n) is 4.40. The van der Waals surface area contributed by atoms with E-state index in [4.69, 9.17) is 25.8 Å². The van der Waals surface area contributed by atoms with Crippen molar-refractivity contribution in [2.45, 2.75) is 72.5 Å². The Hall–Kier alpha value is -3.26. The van der Waals surface area contributed by atoms with Crippen LogP contribution in [0.3, 0.4) is 0 Å². The van der Waals surface area contributed by atoms with Crippen molar-refractivity contribution in [2.24, 2.45) is 5.92 Å². The molecule has 3 atom stereocenters. The Labute approximate surface area is 214 Å². The number of allylic oxidation sites excluding steroid dienone is 5. The molecule has 0 aromatic rings. The van der Waals surface area contributed by atoms with Gasteiger partial charge < -0.3 is 14.2 Å². The van der Waals surface area contributed by atoms with Gasteiger partial charge in [-0.25, -0.2) is 0 Å². The van der Waals surface area contributed by atoms with Crippen LogP contribution < -0.4 is 0 Å². The van der Waals surface area contributed by atoms with E-state index in [0.717, 1.165) is 24.7 Å². The van der Waals surface area contributed by atoms with E-state index in [-0.39, 0.29) is 27.7 Å². The van der Waals surface area contributed by atoms with Crippen LogP contribution in [0.2, 0.25) is 0 Å². The minimum atomic E-state index is -2.24. The summed E-state index contributed by atoms with van der Waals surface area (Å²) >= 11 is 6.40. The van der Waals surface area contributed by atoms with Crippen molar-refractivity contribution in [1.82, 2.24) is 0 Å². The topological polar surface area (TPSA) is 113 Å². The summed E-state index contributed by atoms with van der Waals surface area (Å²) in [5.74, 6) is -4.10. The van der Waals surface area contributed by atoms with Gasteiger partial charge in [-0.1, -0.05) is 23.3 Å². The third-order valence-corrected chi connectivity index (χ3v) is 7.03. The van der Waals surface area contributed by atoms with Gasteiger partial charge in [-0.3, -0.25) is 24.0 Å². The molecule has 36 heavy (non-hydrogen) atoms. The van der Waals surface area contributed by atoms with Crippen LogP contribution in [0, 0.1) is 5.92 Å². The van der Waals surface area contributed by atoms with Gasteiger partial charge in [0.05, 0.1) is 22.1 Å². The number of fused-ring (bicyclic) bond motifs is 1. The third-order valence-electron chi connectivity index (χ3n) is 6.65. The highest BCUT2D eigenvalue weighted by molar-refractivity contribution is 6.49. The zero-order chi connectivity index (χ0) is 26.9. The number of carbonyl (C=O) groups excluding carboxylic acids is 5. The van der Waals surface area contributed by atoms with E-state index in [0.29, 0.717) is 17.6 Å². The summed E-state index contributed by atoms with van der Waals surface area (Å²) in [6.45, 7) is 9.10. The first-order valence-corrected chi connectivity index (χ1v) is 12.1. The first-order chi connectivity index (χ1) is 16.8. The number of halogens is 1. The lowest BCUT2D eigenvalue weighted by Gasteiger charge is -2.34. The Morgan fingerprint density at radius 2 is 1.83 bits per heavy atom. The van der Waals surface area contributed by atoms with Gasteiger partial charge in [0, 0.05) is 18.9 Å². The van der Waals surface area contributed by atoms with Crippen LogP contribution >= 0.6 is 11.6 Å². The van der Waals surface area contributed by atoms with E-state index in [9.17, 15) is 24.0 Å². The minimum absolute atomic E-state index is 0.0472. The number of hydrogen-bond donors (Lipinski definition) is 0. The lowest BCUT2D eigenvalue weighted by Crippen LogP contribution is -2.53. The number of Topliss-reactive ketones (excluding diaryl/α,β-unsaturated/α-hetero) is 3. The largest absolute Gasteiger partial charge is 0.463 e. The number of esters is 2. The van der Waals surface area contributed by atoms with Gasteiger partial charge in [0.1, 0.15) is 18.1 Å². The quantitative estimate of drug-likeness (QED) is 0.291. The predicted molar refractivity (Wildman–Crippen MR) is 130 cm³/mol. The van der Waals surface area contributed by atoms with Crippen LogP contribution in [-0.2, 0) is 38.2 Å². The fourth-order valence-corrected chi connectivity index (χ4v) is 4.74. The van der Waals surface area contributed by atoms with Crippen LogP contribution in [0.25, 0.3) is 0 Å². The molecule has 9 heteroatoms. The highest BCUT2D eigenvalue weighted by Crippen LogP contribution is 2.41. The normalized spacial score (nSPS) is 24.4. The van der Waals surface area contributed by atoms with Gasteiger partial charge >= 0.3 is 11.9 Å². The Kier molecular flexibility index (Phi) is 7.88. The van der Waals surface area contributed by atoms with Gasteiger partial charge in [-0.05, 0) is 59.1 Å². The van der Waals surface area contributed by atoms with E-state index in [1.54, 1.807) is 19.9 Å². The zero-order valence-electron chi connectivity index (χ0n) is 21.2. The molecule has 3 aliphatic rings. The Bertz CT molecular complexity index is 1210. The summed E-state index contributed by atoms with van der Waals surface area (Å²) in [5.41, 5.74) is -0.315. The lowest BCUT2D eigenvalue weighted by atomic mass is 9.79. The maximum absolute atomic E-state index is 13.4. The van der Waals surface area contributed by atoms with E-state index in [1.807, 2.05) is 6.92 Å². The molecule has 0 aromatic heterocycles. The highest BCUT2D eigenvalue weighted by atomic mass is 35.5. The number of ketones is 3. The number of rotatable bonds is 6. The van der Waals surface area contributed by atoms with Gasteiger partial charge in [-0.15, -0.1) is 0 Å². The minimum Gasteiger partial charge on any atom is -0.463 e. The van der Waals surface area contributed by atoms with Gasteiger partial charge in [0.15, 0.2) is 5.78 Å². The maximum Gasteiger partial charge on any atom is 0.314 e. The van der Waals surface area contributed by atoms with Crippen molar-refractivity contribution in [3.63, 3.8) is 0 Å². The molecule has 0 aromatic carbocycles. The summed E-state index contributed by atoms with van der Waals surface area (Å²) in [5, 5.41) is -0.313. The fraction of sp³-hybridized carbons (Fsp3) is 0.444. The first kappa shape index (κ1) is 27.3. The molecule has 0 saturated heterocycles. The standard InChI is InChI=1S/C27H29ClO8/c1-7-13(2)23(35-16(5)29)15(4)26(33)36-27(6)24(31)18-12-34-20(11-17(18)22(28)25(27)32)21-14(3)9-8-10-19(21)30/h7,11-12,15,23H,8-10H2,1-6H3/b13-7+/t15-,23-,27-/m0/s1. The van der Waals surface area contributed by atoms with E-state index < -0.39 is 41.1 Å². The highest BCUT2D eigenvalue weighted by Gasteiger charge is 2.53. The van der Waals surface area contributed by atoms with Crippen molar-refractivity contribution >= 4 is 40.9 Å². The Balaban J connectivity index is 1.95. The van der Waals surface area contributed by atoms with Crippen LogP contribution in [0.4, 0.5) is 0 Å². The molecule has 0 radical (unpaired) electrons. The summed E-state index contributed by atoms with van der Waals surface area (Å²) in [4.78, 5) is 63.7. The van der Waals surface area contributed by atoms with Gasteiger partial charge in [0.2, 0.25) is 17.2 Å². The lowest BCUT2D eigenvalue weighted by molar-refractivity contribution is -0.176. The second kappa shape index (κ2) is 10.4. The molecule has 1 aliphatic heterocycles. The van der Waals surface area contributed by atoms with E-state index >= 15 is 0 Å². The zero-order valence-corrected chi connectivity index (χ0v) is 21.9. The van der Waals surface area contributed by atoms with Crippen LogP contribution in [0.15, 0.2) is 57.1 Å². The molecule has 0 N–H and O–H groups in total. The summed E-state index contributed by atoms with van der Waals surface area (Å²) in [7, 11) is 0. The van der Waals surface area contributed by atoms with Crippen molar-refractivity contribution < 1.29 is 38.2 Å². The van der Waals surface area contributed by atoms with Crippen molar-refractivity contribution in [1.29, 1.82) is 0 Å². The smallest absolute Gasteiger partial charge is 0.314 e. The van der Waals surface area contributed by atoms with E-state index in [2.05, 4.69) is 0 Å². The van der Waals surface area contributed by atoms with Crippen LogP contribution in [0.1, 0.15) is 60.8 Å². The predicted octanol–water partition coefficient (Wildman–Crippen LogP) is 4.33. The molecule has 1 heterocycles. The number of hydrogen-bond acceptors (Lipinski definition) is 8. The van der Waals surface area contributed by atoms with Gasteiger partial charge in [0.25, 0.3) is 0 Å².